The van der Waals surface area contributed by atoms with Gasteiger partial charge < -0.3 is 19.3 Å². The van der Waals surface area contributed by atoms with E-state index in [0.29, 0.717) is 41.7 Å². The number of hydrogen-bond donors (Lipinski definition) is 1. The molecule has 8 heteroatoms. The molecule has 3 rings (SSSR count). The van der Waals surface area contributed by atoms with Gasteiger partial charge in [0.05, 0.1) is 20.6 Å². The zero-order valence-electron chi connectivity index (χ0n) is 15.6. The van der Waals surface area contributed by atoms with Crippen molar-refractivity contribution in [2.75, 3.05) is 20.8 Å². The van der Waals surface area contributed by atoms with Crippen LogP contribution in [0.25, 0.3) is 11.4 Å². The average molecular weight is 385 g/mol. The van der Waals surface area contributed by atoms with Gasteiger partial charge >= 0.3 is 0 Å². The quantitative estimate of drug-likeness (QED) is 0.642. The molecule has 0 atom stereocenters. The number of carbonyl (C=O) groups is 1. The van der Waals surface area contributed by atoms with Gasteiger partial charge in [0.25, 0.3) is 0 Å². The first-order valence-electron chi connectivity index (χ1n) is 8.64. The second-order valence-corrected chi connectivity index (χ2v) is 6.02. The summed E-state index contributed by atoms with van der Waals surface area (Å²) in [6.07, 6.45) is 0.572. The summed E-state index contributed by atoms with van der Waals surface area (Å²) in [5.41, 5.74) is 1.44. The molecule has 0 aliphatic rings. The molecular weight excluding hydrogens is 365 g/mol. The number of nitrogens with zero attached hydrogens (tertiary/aromatic N) is 2. The monoisotopic (exact) mass is 385 g/mol. The van der Waals surface area contributed by atoms with Crippen molar-refractivity contribution in [3.63, 3.8) is 0 Å². The van der Waals surface area contributed by atoms with Crippen molar-refractivity contribution < 1.29 is 23.2 Å². The van der Waals surface area contributed by atoms with Crippen molar-refractivity contribution in [1.29, 1.82) is 0 Å². The Labute approximate surface area is 161 Å². The number of halogens is 1. The summed E-state index contributed by atoms with van der Waals surface area (Å²) < 4.78 is 28.6. The lowest BCUT2D eigenvalue weighted by atomic mass is 10.1. The van der Waals surface area contributed by atoms with Crippen molar-refractivity contribution in [3.05, 3.63) is 59.7 Å². The van der Waals surface area contributed by atoms with Crippen molar-refractivity contribution in [3.8, 4) is 22.9 Å². The Kier molecular flexibility index (Phi) is 6.21. The van der Waals surface area contributed by atoms with Gasteiger partial charge in [-0.05, 0) is 29.8 Å². The van der Waals surface area contributed by atoms with Gasteiger partial charge in [0.2, 0.25) is 17.6 Å². The van der Waals surface area contributed by atoms with E-state index in [1.54, 1.807) is 44.6 Å². The molecule has 1 heterocycles. The zero-order chi connectivity index (χ0) is 19.9. The first kappa shape index (κ1) is 19.3. The number of methoxy groups -OCH3 is 2. The van der Waals surface area contributed by atoms with Crippen LogP contribution in [0.2, 0.25) is 0 Å². The van der Waals surface area contributed by atoms with Gasteiger partial charge in [-0.3, -0.25) is 4.79 Å². The third-order valence-corrected chi connectivity index (χ3v) is 4.02. The fraction of sp³-hybridized carbons (Fsp3) is 0.250. The highest BCUT2D eigenvalue weighted by Gasteiger charge is 2.12. The maximum absolute atomic E-state index is 12.9. The van der Waals surface area contributed by atoms with E-state index >= 15 is 0 Å². The molecule has 0 aliphatic carbocycles. The number of hydrogen-bond acceptors (Lipinski definition) is 6. The van der Waals surface area contributed by atoms with Crippen LogP contribution in [0.15, 0.2) is 47.0 Å². The number of aromatic nitrogens is 2. The lowest BCUT2D eigenvalue weighted by Crippen LogP contribution is -2.27. The number of rotatable bonds is 8. The van der Waals surface area contributed by atoms with Gasteiger partial charge in [0, 0.05) is 24.6 Å². The van der Waals surface area contributed by atoms with Crippen LogP contribution in [-0.4, -0.2) is 36.8 Å². The molecule has 2 aromatic carbocycles. The van der Waals surface area contributed by atoms with Crippen molar-refractivity contribution in [2.45, 2.75) is 12.8 Å². The van der Waals surface area contributed by atoms with Crippen LogP contribution in [0.1, 0.15) is 11.5 Å². The fourth-order valence-corrected chi connectivity index (χ4v) is 2.57. The minimum absolute atomic E-state index is 0.163. The van der Waals surface area contributed by atoms with Crippen LogP contribution >= 0.6 is 0 Å². The number of ether oxygens (including phenoxy) is 2. The molecule has 0 bridgehead atoms. The van der Waals surface area contributed by atoms with E-state index in [2.05, 4.69) is 15.5 Å². The third-order valence-electron chi connectivity index (χ3n) is 4.02. The number of nitrogens with one attached hydrogen (secondary N) is 1. The third kappa shape index (κ3) is 5.06. The lowest BCUT2D eigenvalue weighted by molar-refractivity contribution is -0.120. The summed E-state index contributed by atoms with van der Waals surface area (Å²) in [4.78, 5) is 16.3. The van der Waals surface area contributed by atoms with Crippen LogP contribution in [0.5, 0.6) is 11.5 Å². The van der Waals surface area contributed by atoms with Crippen molar-refractivity contribution in [1.82, 2.24) is 15.5 Å². The zero-order valence-corrected chi connectivity index (χ0v) is 15.6. The van der Waals surface area contributed by atoms with Crippen LogP contribution in [0, 0.1) is 5.82 Å². The van der Waals surface area contributed by atoms with Crippen molar-refractivity contribution in [2.24, 2.45) is 0 Å². The predicted molar refractivity (Wildman–Crippen MR) is 99.7 cm³/mol. The minimum atomic E-state index is -0.329. The second kappa shape index (κ2) is 8.98. The Hall–Kier alpha value is -3.42. The Balaban J connectivity index is 1.55. The van der Waals surface area contributed by atoms with Gasteiger partial charge in [-0.2, -0.15) is 4.98 Å². The maximum atomic E-state index is 12.9. The Morgan fingerprint density at radius 1 is 1.11 bits per heavy atom. The largest absolute Gasteiger partial charge is 0.497 e. The number of benzene rings is 2. The Morgan fingerprint density at radius 3 is 2.43 bits per heavy atom. The highest BCUT2D eigenvalue weighted by Crippen LogP contribution is 2.28. The summed E-state index contributed by atoms with van der Waals surface area (Å²) in [5, 5.41) is 6.74. The van der Waals surface area contributed by atoms with E-state index in [-0.39, 0.29) is 18.1 Å². The van der Waals surface area contributed by atoms with E-state index in [0.717, 1.165) is 5.56 Å². The molecule has 146 valence electrons. The van der Waals surface area contributed by atoms with E-state index < -0.39 is 0 Å². The molecule has 0 saturated heterocycles. The van der Waals surface area contributed by atoms with E-state index in [4.69, 9.17) is 14.0 Å². The normalized spacial score (nSPS) is 10.5. The summed E-state index contributed by atoms with van der Waals surface area (Å²) in [6.45, 7) is 0.350. The molecular formula is C20H20FN3O4. The number of carbonyl (C=O) groups excluding carboxylic acids is 1. The van der Waals surface area contributed by atoms with E-state index in [1.165, 1.54) is 12.1 Å². The summed E-state index contributed by atoms with van der Waals surface area (Å²) >= 11 is 0. The molecule has 28 heavy (non-hydrogen) atoms. The molecule has 1 N–H and O–H groups in total. The Morgan fingerprint density at radius 2 is 1.79 bits per heavy atom. The minimum Gasteiger partial charge on any atom is -0.497 e. The van der Waals surface area contributed by atoms with Crippen molar-refractivity contribution >= 4 is 5.91 Å². The molecule has 1 amide bonds. The molecule has 0 spiro atoms. The van der Waals surface area contributed by atoms with Crippen LogP contribution in [0.3, 0.4) is 0 Å². The molecule has 0 unspecified atom stereocenters. The summed E-state index contributed by atoms with van der Waals surface area (Å²) in [7, 11) is 3.13. The topological polar surface area (TPSA) is 86.5 Å². The highest BCUT2D eigenvalue weighted by molar-refractivity contribution is 5.78. The van der Waals surface area contributed by atoms with Gasteiger partial charge in [0.15, 0.2) is 0 Å². The molecule has 3 aromatic rings. The molecule has 1 aromatic heterocycles. The lowest BCUT2D eigenvalue weighted by Gasteiger charge is -2.05. The average Bonchev–Trinajstić information content (AvgIpc) is 3.18. The standard InChI is InChI=1S/C20H20FN3O4/c1-26-16-10-14(11-17(12-16)27-2)20-23-19(28-24-20)7-8-22-18(25)9-13-3-5-15(21)6-4-13/h3-6,10-12H,7-9H2,1-2H3,(H,22,25). The molecule has 0 fully saturated rings. The number of amides is 1. The second-order valence-electron chi connectivity index (χ2n) is 6.02. The highest BCUT2D eigenvalue weighted by atomic mass is 19.1. The molecule has 0 saturated carbocycles. The van der Waals surface area contributed by atoms with Gasteiger partial charge in [-0.15, -0.1) is 0 Å². The summed E-state index contributed by atoms with van der Waals surface area (Å²) in [5.74, 6) is 1.56. The SMILES string of the molecule is COc1cc(OC)cc(-c2noc(CCNC(=O)Cc3ccc(F)cc3)n2)c1. The fourth-order valence-electron chi connectivity index (χ4n) is 2.57. The summed E-state index contributed by atoms with van der Waals surface area (Å²) in [6, 6.07) is 11.1. The Bertz CT molecular complexity index is 919. The predicted octanol–water partition coefficient (Wildman–Crippen LogP) is 2.79. The van der Waals surface area contributed by atoms with Crippen LogP contribution < -0.4 is 14.8 Å². The molecule has 0 radical (unpaired) electrons. The van der Waals surface area contributed by atoms with Gasteiger partial charge in [-0.25, -0.2) is 4.39 Å². The van der Waals surface area contributed by atoms with E-state index in [1.807, 2.05) is 0 Å². The van der Waals surface area contributed by atoms with Crippen LogP contribution in [-0.2, 0) is 17.6 Å². The first-order valence-corrected chi connectivity index (χ1v) is 8.64. The molecule has 7 nitrogen and oxygen atoms in total. The van der Waals surface area contributed by atoms with Gasteiger partial charge in [-0.1, -0.05) is 17.3 Å². The first-order chi connectivity index (χ1) is 13.6. The van der Waals surface area contributed by atoms with Crippen LogP contribution in [0.4, 0.5) is 4.39 Å². The van der Waals surface area contributed by atoms with Gasteiger partial charge in [0.1, 0.15) is 17.3 Å². The maximum Gasteiger partial charge on any atom is 0.228 e. The van der Waals surface area contributed by atoms with E-state index in [9.17, 15) is 9.18 Å². The molecule has 0 aliphatic heterocycles. The smallest absolute Gasteiger partial charge is 0.228 e.